The van der Waals surface area contributed by atoms with Crippen LogP contribution < -0.4 is 5.32 Å². The minimum absolute atomic E-state index is 0.377. The zero-order valence-electron chi connectivity index (χ0n) is 9.36. The van der Waals surface area contributed by atoms with E-state index in [2.05, 4.69) is 18.5 Å². The molecule has 0 aliphatic carbocycles. The molecule has 1 aromatic rings. The van der Waals surface area contributed by atoms with E-state index in [9.17, 15) is 5.11 Å². The van der Waals surface area contributed by atoms with Crippen LogP contribution in [-0.4, -0.2) is 23.7 Å². The van der Waals surface area contributed by atoms with E-state index in [1.807, 2.05) is 30.0 Å². The maximum atomic E-state index is 9.54. The van der Waals surface area contributed by atoms with E-state index in [0.29, 0.717) is 11.7 Å². The van der Waals surface area contributed by atoms with Crippen molar-refractivity contribution in [3.63, 3.8) is 0 Å². The average molecular weight is 225 g/mol. The first-order valence-electron chi connectivity index (χ1n) is 5.20. The van der Waals surface area contributed by atoms with Crippen molar-refractivity contribution in [2.75, 3.05) is 18.6 Å². The highest BCUT2D eigenvalue weighted by Gasteiger charge is 2.02. The number of rotatable bonds is 6. The summed E-state index contributed by atoms with van der Waals surface area (Å²) in [6.07, 6.45) is 2.12. The van der Waals surface area contributed by atoms with E-state index < -0.39 is 0 Å². The van der Waals surface area contributed by atoms with Crippen LogP contribution in [0.5, 0.6) is 5.75 Å². The van der Waals surface area contributed by atoms with Crippen molar-refractivity contribution in [2.24, 2.45) is 5.92 Å². The number of thioether (sulfide) groups is 1. The second-order valence-corrected chi connectivity index (χ2v) is 4.73. The Balaban J connectivity index is 2.29. The predicted octanol–water partition coefficient (Wildman–Crippen LogP) is 2.48. The molecule has 0 amide bonds. The Bertz CT molecular complexity index is 291. The van der Waals surface area contributed by atoms with Gasteiger partial charge < -0.3 is 10.4 Å². The van der Waals surface area contributed by atoms with Crippen LogP contribution in [0.2, 0.25) is 0 Å². The van der Waals surface area contributed by atoms with E-state index in [4.69, 9.17) is 0 Å². The third-order valence-electron chi connectivity index (χ3n) is 2.25. The van der Waals surface area contributed by atoms with Crippen LogP contribution in [0, 0.1) is 5.92 Å². The van der Waals surface area contributed by atoms with Crippen molar-refractivity contribution in [1.29, 1.82) is 0 Å². The Kier molecular flexibility index (Phi) is 5.58. The van der Waals surface area contributed by atoms with Gasteiger partial charge >= 0.3 is 0 Å². The number of phenols is 1. The van der Waals surface area contributed by atoms with Crippen molar-refractivity contribution in [3.8, 4) is 5.75 Å². The molecule has 0 aromatic heterocycles. The summed E-state index contributed by atoms with van der Waals surface area (Å²) in [6.45, 7) is 3.97. The summed E-state index contributed by atoms with van der Waals surface area (Å²) in [7, 11) is 0. The van der Waals surface area contributed by atoms with Crippen molar-refractivity contribution in [2.45, 2.75) is 13.5 Å². The summed E-state index contributed by atoms with van der Waals surface area (Å²) in [5, 5.41) is 12.9. The Labute approximate surface area is 96.1 Å². The zero-order chi connectivity index (χ0) is 11.1. The quantitative estimate of drug-likeness (QED) is 0.780. The second-order valence-electron chi connectivity index (χ2n) is 3.82. The molecule has 2 N–H and O–H groups in total. The first-order valence-corrected chi connectivity index (χ1v) is 6.60. The van der Waals surface area contributed by atoms with E-state index in [1.165, 1.54) is 5.75 Å². The molecular weight excluding hydrogens is 206 g/mol. The number of aromatic hydroxyl groups is 1. The molecule has 0 aliphatic rings. The molecule has 3 heteroatoms. The molecule has 0 saturated heterocycles. The molecule has 1 unspecified atom stereocenters. The maximum absolute atomic E-state index is 9.54. The maximum Gasteiger partial charge on any atom is 0.120 e. The minimum Gasteiger partial charge on any atom is -0.508 e. The lowest BCUT2D eigenvalue weighted by molar-refractivity contribution is 0.461. The van der Waals surface area contributed by atoms with Gasteiger partial charge in [0, 0.05) is 12.1 Å². The van der Waals surface area contributed by atoms with Crippen LogP contribution in [0.25, 0.3) is 0 Å². The molecule has 1 atom stereocenters. The van der Waals surface area contributed by atoms with Crippen molar-refractivity contribution in [3.05, 3.63) is 29.8 Å². The van der Waals surface area contributed by atoms with Crippen molar-refractivity contribution in [1.82, 2.24) is 5.32 Å². The van der Waals surface area contributed by atoms with Crippen molar-refractivity contribution >= 4 is 11.8 Å². The second kappa shape index (κ2) is 6.75. The van der Waals surface area contributed by atoms with E-state index >= 15 is 0 Å². The Morgan fingerprint density at radius 3 is 2.80 bits per heavy atom. The molecule has 0 bridgehead atoms. The molecule has 84 valence electrons. The largest absolute Gasteiger partial charge is 0.508 e. The van der Waals surface area contributed by atoms with Gasteiger partial charge in [-0.3, -0.25) is 0 Å². The number of para-hydroxylation sites is 1. The predicted molar refractivity (Wildman–Crippen MR) is 67.4 cm³/mol. The lowest BCUT2D eigenvalue weighted by Gasteiger charge is -2.11. The molecule has 1 aromatic carbocycles. The van der Waals surface area contributed by atoms with Gasteiger partial charge in [-0.15, -0.1) is 0 Å². The summed E-state index contributed by atoms with van der Waals surface area (Å²) in [4.78, 5) is 0. The molecule has 2 nitrogen and oxygen atoms in total. The highest BCUT2D eigenvalue weighted by atomic mass is 32.2. The molecule has 0 spiro atoms. The van der Waals surface area contributed by atoms with Gasteiger partial charge in [-0.25, -0.2) is 0 Å². The van der Waals surface area contributed by atoms with Gasteiger partial charge in [0.05, 0.1) is 0 Å². The Morgan fingerprint density at radius 1 is 1.40 bits per heavy atom. The van der Waals surface area contributed by atoms with Gasteiger partial charge in [-0.05, 0) is 30.5 Å². The van der Waals surface area contributed by atoms with E-state index in [0.717, 1.165) is 18.7 Å². The van der Waals surface area contributed by atoms with Gasteiger partial charge in [0.15, 0.2) is 0 Å². The summed E-state index contributed by atoms with van der Waals surface area (Å²) in [6, 6.07) is 7.46. The van der Waals surface area contributed by atoms with Gasteiger partial charge in [0.1, 0.15) is 5.75 Å². The molecular formula is C12H19NOS. The standard InChI is InChI=1S/C12H19NOS/c1-10(9-15-2)7-13-8-11-5-3-4-6-12(11)14/h3-6,10,13-14H,7-9H2,1-2H3. The van der Waals surface area contributed by atoms with Crippen LogP contribution in [0.3, 0.4) is 0 Å². The monoisotopic (exact) mass is 225 g/mol. The fraction of sp³-hybridized carbons (Fsp3) is 0.500. The van der Waals surface area contributed by atoms with Crippen LogP contribution in [0.1, 0.15) is 12.5 Å². The number of phenolic OH excluding ortho intramolecular Hbond substituents is 1. The summed E-state index contributed by atoms with van der Waals surface area (Å²) >= 11 is 1.87. The van der Waals surface area contributed by atoms with E-state index in [-0.39, 0.29) is 0 Å². The average Bonchev–Trinajstić information content (AvgIpc) is 2.21. The number of nitrogens with one attached hydrogen (secondary N) is 1. The van der Waals surface area contributed by atoms with Crippen LogP contribution in [-0.2, 0) is 6.54 Å². The molecule has 0 fully saturated rings. The SMILES string of the molecule is CSCC(C)CNCc1ccccc1O. The van der Waals surface area contributed by atoms with E-state index in [1.54, 1.807) is 6.07 Å². The lowest BCUT2D eigenvalue weighted by Crippen LogP contribution is -2.22. The van der Waals surface area contributed by atoms with Gasteiger partial charge in [-0.1, -0.05) is 25.1 Å². The fourth-order valence-electron chi connectivity index (χ4n) is 1.46. The number of hydrogen-bond donors (Lipinski definition) is 2. The fourth-order valence-corrected chi connectivity index (χ4v) is 2.14. The normalized spacial score (nSPS) is 12.7. The van der Waals surface area contributed by atoms with Crippen LogP contribution in [0.15, 0.2) is 24.3 Å². The van der Waals surface area contributed by atoms with Crippen LogP contribution >= 0.6 is 11.8 Å². The summed E-state index contributed by atoms with van der Waals surface area (Å²) in [5.41, 5.74) is 0.967. The zero-order valence-corrected chi connectivity index (χ0v) is 10.2. The highest BCUT2D eigenvalue weighted by molar-refractivity contribution is 7.98. The third kappa shape index (κ3) is 4.58. The van der Waals surface area contributed by atoms with Gasteiger partial charge in [0.2, 0.25) is 0 Å². The lowest BCUT2D eigenvalue weighted by atomic mass is 10.2. The molecule has 0 saturated carbocycles. The topological polar surface area (TPSA) is 32.3 Å². The van der Waals surface area contributed by atoms with Crippen molar-refractivity contribution < 1.29 is 5.11 Å². The van der Waals surface area contributed by atoms with Gasteiger partial charge in [-0.2, -0.15) is 11.8 Å². The first kappa shape index (κ1) is 12.4. The molecule has 0 radical (unpaired) electrons. The molecule has 0 heterocycles. The summed E-state index contributed by atoms with van der Waals surface area (Å²) < 4.78 is 0. The Morgan fingerprint density at radius 2 is 2.13 bits per heavy atom. The molecule has 1 rings (SSSR count). The number of benzene rings is 1. The van der Waals surface area contributed by atoms with Gasteiger partial charge in [0.25, 0.3) is 0 Å². The first-order chi connectivity index (χ1) is 7.24. The molecule has 0 aliphatic heterocycles. The molecule has 15 heavy (non-hydrogen) atoms. The smallest absolute Gasteiger partial charge is 0.120 e. The minimum atomic E-state index is 0.377. The summed E-state index contributed by atoms with van der Waals surface area (Å²) in [5.74, 6) is 2.22. The van der Waals surface area contributed by atoms with Crippen LogP contribution in [0.4, 0.5) is 0 Å². The number of hydrogen-bond acceptors (Lipinski definition) is 3. The highest BCUT2D eigenvalue weighted by Crippen LogP contribution is 2.15. The third-order valence-corrected chi connectivity index (χ3v) is 3.15. The Hall–Kier alpha value is -0.670.